The van der Waals surface area contributed by atoms with Crippen molar-refractivity contribution in [1.29, 1.82) is 0 Å². The van der Waals surface area contributed by atoms with E-state index in [1.165, 1.54) is 24.3 Å². The van der Waals surface area contributed by atoms with Gasteiger partial charge in [0.1, 0.15) is 0 Å². The van der Waals surface area contributed by atoms with Gasteiger partial charge >= 0.3 is 0 Å². The summed E-state index contributed by atoms with van der Waals surface area (Å²) in [7, 11) is -3.95. The number of hydrogen-bond donors (Lipinski definition) is 0. The van der Waals surface area contributed by atoms with Gasteiger partial charge < -0.3 is 4.55 Å². The van der Waals surface area contributed by atoms with Crippen LogP contribution in [0.15, 0.2) is 51.7 Å². The zero-order valence-electron chi connectivity index (χ0n) is 11.9. The molecule has 0 saturated heterocycles. The SMILES string of the molecule is Cc1ccc2nc(N=S(=O)([O-])c3ccc(Cl)cc3)c(Cl)nc2c1. The van der Waals surface area contributed by atoms with Crippen LogP contribution in [0.25, 0.3) is 11.0 Å². The molecule has 3 rings (SSSR count). The molecule has 5 nitrogen and oxygen atoms in total. The fourth-order valence-corrected chi connectivity index (χ4v) is 3.26. The molecule has 0 aliphatic carbocycles. The zero-order valence-corrected chi connectivity index (χ0v) is 14.2. The fraction of sp³-hybridized carbons (Fsp3) is 0.0667. The van der Waals surface area contributed by atoms with Crippen molar-refractivity contribution in [1.82, 2.24) is 9.97 Å². The van der Waals surface area contributed by atoms with E-state index < -0.39 is 10.0 Å². The first kappa shape index (κ1) is 16.1. The number of rotatable bonds is 2. The molecule has 3 aromatic rings. The summed E-state index contributed by atoms with van der Waals surface area (Å²) in [6, 6.07) is 11.1. The zero-order chi connectivity index (χ0) is 16.6. The molecule has 0 bridgehead atoms. The molecule has 0 saturated carbocycles. The Morgan fingerprint density at radius 3 is 2.43 bits per heavy atom. The highest BCUT2D eigenvalue weighted by Gasteiger charge is 2.09. The van der Waals surface area contributed by atoms with Crippen LogP contribution in [0.4, 0.5) is 5.82 Å². The van der Waals surface area contributed by atoms with Crippen LogP contribution in [0.5, 0.6) is 0 Å². The van der Waals surface area contributed by atoms with Crippen molar-refractivity contribution in [3.05, 3.63) is 58.2 Å². The van der Waals surface area contributed by atoms with E-state index in [-0.39, 0.29) is 15.9 Å². The van der Waals surface area contributed by atoms with Gasteiger partial charge in [0.15, 0.2) is 11.0 Å². The fourth-order valence-electron chi connectivity index (χ4n) is 1.96. The van der Waals surface area contributed by atoms with E-state index in [0.29, 0.717) is 16.1 Å². The highest BCUT2D eigenvalue weighted by Crippen LogP contribution is 2.27. The predicted octanol–water partition coefficient (Wildman–Crippen LogP) is 4.53. The molecular weight excluding hydrogens is 357 g/mol. The third kappa shape index (κ3) is 3.45. The van der Waals surface area contributed by atoms with E-state index in [0.717, 1.165) is 5.56 Å². The normalized spacial score (nSPS) is 13.7. The summed E-state index contributed by atoms with van der Waals surface area (Å²) >= 11 is 11.8. The predicted molar refractivity (Wildman–Crippen MR) is 90.0 cm³/mol. The summed E-state index contributed by atoms with van der Waals surface area (Å²) in [4.78, 5) is 8.33. The molecule has 1 unspecified atom stereocenters. The summed E-state index contributed by atoms with van der Waals surface area (Å²) in [6.07, 6.45) is 0. The maximum atomic E-state index is 12.3. The standard InChI is InChI=1S/C15H11Cl2N3O2S/c1-9-2-7-12-13(8-9)18-14(17)15(19-12)20-23(21,22)11-5-3-10(16)4-6-11/h2-8H,1H3,(H,19,20,21,22)/p-1. The molecule has 0 amide bonds. The monoisotopic (exact) mass is 366 g/mol. The van der Waals surface area contributed by atoms with Crippen LogP contribution in [0.2, 0.25) is 10.2 Å². The lowest BCUT2D eigenvalue weighted by atomic mass is 10.2. The second-order valence-electron chi connectivity index (χ2n) is 4.85. The molecule has 0 spiro atoms. The summed E-state index contributed by atoms with van der Waals surface area (Å²) in [5.74, 6) is -0.141. The molecule has 0 aliphatic rings. The summed E-state index contributed by atoms with van der Waals surface area (Å²) in [5, 5.41) is 0.364. The highest BCUT2D eigenvalue weighted by atomic mass is 35.5. The Balaban J connectivity index is 2.15. The molecule has 1 heterocycles. The topological polar surface area (TPSA) is 78.3 Å². The van der Waals surface area contributed by atoms with Gasteiger partial charge in [0.05, 0.1) is 11.0 Å². The van der Waals surface area contributed by atoms with Crippen molar-refractivity contribution < 1.29 is 8.76 Å². The smallest absolute Gasteiger partial charge is 0.199 e. The van der Waals surface area contributed by atoms with E-state index in [1.807, 2.05) is 19.1 Å². The average Bonchev–Trinajstić information content (AvgIpc) is 2.48. The lowest BCUT2D eigenvalue weighted by molar-refractivity contribution is 0.525. The quantitative estimate of drug-likeness (QED) is 0.666. The third-order valence-electron chi connectivity index (χ3n) is 3.08. The molecule has 1 aromatic heterocycles. The van der Waals surface area contributed by atoms with Crippen LogP contribution in [-0.4, -0.2) is 18.7 Å². The van der Waals surface area contributed by atoms with Gasteiger partial charge in [0.25, 0.3) is 0 Å². The third-order valence-corrected chi connectivity index (χ3v) is 4.87. The minimum atomic E-state index is -3.95. The summed E-state index contributed by atoms with van der Waals surface area (Å²) in [5.41, 5.74) is 2.10. The van der Waals surface area contributed by atoms with Gasteiger partial charge in [-0.05, 0) is 48.9 Å². The number of fused-ring (bicyclic) bond motifs is 1. The number of benzene rings is 2. The van der Waals surface area contributed by atoms with Crippen LogP contribution >= 0.6 is 23.2 Å². The van der Waals surface area contributed by atoms with Crippen molar-refractivity contribution >= 4 is 50.1 Å². The van der Waals surface area contributed by atoms with Crippen LogP contribution in [0.3, 0.4) is 0 Å². The molecule has 118 valence electrons. The lowest BCUT2D eigenvalue weighted by Gasteiger charge is -2.14. The maximum absolute atomic E-state index is 12.3. The Morgan fingerprint density at radius 2 is 1.74 bits per heavy atom. The van der Waals surface area contributed by atoms with E-state index in [9.17, 15) is 8.76 Å². The Bertz CT molecular complexity index is 1010. The van der Waals surface area contributed by atoms with Crippen LogP contribution in [0, 0.1) is 6.92 Å². The average molecular weight is 367 g/mol. The molecule has 0 radical (unpaired) electrons. The minimum absolute atomic E-state index is 0.00349. The maximum Gasteiger partial charge on any atom is 0.199 e. The van der Waals surface area contributed by atoms with Gasteiger partial charge in [-0.15, -0.1) is 0 Å². The summed E-state index contributed by atoms with van der Waals surface area (Å²) < 4.78 is 28.3. The van der Waals surface area contributed by atoms with Crippen molar-refractivity contribution in [2.45, 2.75) is 11.8 Å². The van der Waals surface area contributed by atoms with Crippen LogP contribution in [0.1, 0.15) is 5.56 Å². The van der Waals surface area contributed by atoms with Crippen LogP contribution < -0.4 is 0 Å². The van der Waals surface area contributed by atoms with Gasteiger partial charge in [-0.2, -0.15) is 4.36 Å². The van der Waals surface area contributed by atoms with Crippen molar-refractivity contribution in [3.63, 3.8) is 0 Å². The molecule has 0 N–H and O–H groups in total. The molecule has 0 aliphatic heterocycles. The van der Waals surface area contributed by atoms with E-state index in [1.54, 1.807) is 6.07 Å². The van der Waals surface area contributed by atoms with Gasteiger partial charge in [-0.3, -0.25) is 4.21 Å². The van der Waals surface area contributed by atoms with Gasteiger partial charge in [-0.25, -0.2) is 9.97 Å². The molecule has 23 heavy (non-hydrogen) atoms. The van der Waals surface area contributed by atoms with Crippen molar-refractivity contribution in [2.24, 2.45) is 4.36 Å². The molecule has 2 aromatic carbocycles. The second kappa shape index (κ2) is 6.05. The second-order valence-corrected chi connectivity index (χ2v) is 7.25. The largest absolute Gasteiger partial charge is 0.760 e. The number of nitrogens with zero attached hydrogens (tertiary/aromatic N) is 3. The Hall–Kier alpha value is -1.73. The van der Waals surface area contributed by atoms with Crippen molar-refractivity contribution in [3.8, 4) is 0 Å². The van der Waals surface area contributed by atoms with E-state index in [2.05, 4.69) is 14.3 Å². The van der Waals surface area contributed by atoms with E-state index >= 15 is 0 Å². The summed E-state index contributed by atoms with van der Waals surface area (Å²) in [6.45, 7) is 1.91. The first-order valence-electron chi connectivity index (χ1n) is 6.53. The highest BCUT2D eigenvalue weighted by molar-refractivity contribution is 7.88. The Labute approximate surface area is 143 Å². The van der Waals surface area contributed by atoms with Gasteiger partial charge in [0, 0.05) is 19.9 Å². The molecule has 8 heteroatoms. The van der Waals surface area contributed by atoms with Gasteiger partial charge in [0.2, 0.25) is 0 Å². The van der Waals surface area contributed by atoms with Crippen LogP contribution in [-0.2, 0) is 10.0 Å². The van der Waals surface area contributed by atoms with E-state index in [4.69, 9.17) is 23.2 Å². The number of hydrogen-bond acceptors (Lipinski definition) is 5. The molecule has 0 fully saturated rings. The first-order valence-corrected chi connectivity index (χ1v) is 8.72. The number of halogens is 2. The lowest BCUT2D eigenvalue weighted by Crippen LogP contribution is -1.99. The Morgan fingerprint density at radius 1 is 1.04 bits per heavy atom. The number of aryl methyl sites for hydroxylation is 1. The first-order chi connectivity index (χ1) is 10.8. The Kier molecular flexibility index (Phi) is 4.25. The van der Waals surface area contributed by atoms with Gasteiger partial charge in [-0.1, -0.05) is 29.3 Å². The minimum Gasteiger partial charge on any atom is -0.760 e. The number of aromatic nitrogens is 2. The molecule has 1 atom stereocenters. The van der Waals surface area contributed by atoms with Crippen molar-refractivity contribution in [2.75, 3.05) is 0 Å². The molecular formula is C15H10Cl2N3O2S-.